The Hall–Kier alpha value is -0.580. The maximum absolute atomic E-state index is 12.2. The monoisotopic (exact) mass is 358 g/mol. The first kappa shape index (κ1) is 15.8. The van der Waals surface area contributed by atoms with Gasteiger partial charge in [0.25, 0.3) is 5.91 Å². The van der Waals surface area contributed by atoms with Crippen molar-refractivity contribution in [2.75, 3.05) is 19.6 Å². The van der Waals surface area contributed by atoms with Crippen LogP contribution in [0.3, 0.4) is 0 Å². The van der Waals surface area contributed by atoms with Gasteiger partial charge in [0.1, 0.15) is 0 Å². The molecule has 110 valence electrons. The molecular weight excluding hydrogens is 340 g/mol. The van der Waals surface area contributed by atoms with Gasteiger partial charge in [0.15, 0.2) is 0 Å². The summed E-state index contributed by atoms with van der Waals surface area (Å²) in [5.74, 6) is -0.0605. The maximum Gasteiger partial charge on any atom is 0.251 e. The molecule has 0 saturated carbocycles. The van der Waals surface area contributed by atoms with Gasteiger partial charge < -0.3 is 5.32 Å². The molecule has 1 fully saturated rings. The fourth-order valence-electron chi connectivity index (χ4n) is 2.47. The fourth-order valence-corrected chi connectivity index (χ4v) is 2.97. The van der Waals surface area contributed by atoms with E-state index < -0.39 is 0 Å². The number of hydrogen-bond acceptors (Lipinski definition) is 2. The molecule has 1 aromatic carbocycles. The molecule has 5 heteroatoms. The number of amides is 1. The molecule has 0 bridgehead atoms. The van der Waals surface area contributed by atoms with Gasteiger partial charge in [0, 0.05) is 22.1 Å². The van der Waals surface area contributed by atoms with E-state index in [4.69, 9.17) is 11.6 Å². The van der Waals surface area contributed by atoms with Crippen molar-refractivity contribution in [1.29, 1.82) is 0 Å². The zero-order chi connectivity index (χ0) is 14.8. The first-order valence-corrected chi connectivity index (χ1v) is 8.05. The van der Waals surface area contributed by atoms with Gasteiger partial charge >= 0.3 is 0 Å². The van der Waals surface area contributed by atoms with E-state index in [1.165, 1.54) is 12.8 Å². The van der Waals surface area contributed by atoms with Crippen LogP contribution in [0.2, 0.25) is 5.02 Å². The van der Waals surface area contributed by atoms with E-state index in [0.29, 0.717) is 17.1 Å². The van der Waals surface area contributed by atoms with E-state index in [2.05, 4.69) is 40.0 Å². The van der Waals surface area contributed by atoms with Crippen molar-refractivity contribution in [2.45, 2.75) is 32.2 Å². The molecular formula is C15H20BrClN2O. The molecule has 1 aliphatic rings. The third kappa shape index (κ3) is 3.74. The average molecular weight is 360 g/mol. The van der Waals surface area contributed by atoms with Crippen LogP contribution in [0.4, 0.5) is 0 Å². The number of likely N-dealkylation sites (tertiary alicyclic amines) is 1. The molecule has 20 heavy (non-hydrogen) atoms. The van der Waals surface area contributed by atoms with Crippen LogP contribution in [0.15, 0.2) is 22.7 Å². The summed E-state index contributed by atoms with van der Waals surface area (Å²) in [7, 11) is 0. The summed E-state index contributed by atoms with van der Waals surface area (Å²) < 4.78 is 0.741. The highest BCUT2D eigenvalue weighted by atomic mass is 79.9. The van der Waals surface area contributed by atoms with Crippen LogP contribution in [0.5, 0.6) is 0 Å². The van der Waals surface area contributed by atoms with E-state index in [0.717, 1.165) is 17.6 Å². The van der Waals surface area contributed by atoms with Gasteiger partial charge in [-0.1, -0.05) is 11.6 Å². The lowest BCUT2D eigenvalue weighted by molar-refractivity contribution is 0.0902. The third-order valence-electron chi connectivity index (χ3n) is 3.83. The second-order valence-corrected chi connectivity index (χ2v) is 7.08. The Morgan fingerprint density at radius 2 is 2.05 bits per heavy atom. The second-order valence-electron chi connectivity index (χ2n) is 5.82. The molecule has 1 saturated heterocycles. The number of carbonyl (C=O) groups is 1. The Morgan fingerprint density at radius 3 is 2.65 bits per heavy atom. The Bertz CT molecular complexity index is 499. The molecule has 0 aliphatic carbocycles. The first-order valence-electron chi connectivity index (χ1n) is 6.88. The number of hydrogen-bond donors (Lipinski definition) is 1. The van der Waals surface area contributed by atoms with Crippen LogP contribution in [-0.2, 0) is 0 Å². The Labute approximate surface area is 133 Å². The van der Waals surface area contributed by atoms with Crippen molar-refractivity contribution in [2.24, 2.45) is 0 Å². The summed E-state index contributed by atoms with van der Waals surface area (Å²) in [6, 6.07) is 5.22. The molecule has 0 aromatic heterocycles. The highest BCUT2D eigenvalue weighted by Crippen LogP contribution is 2.23. The fraction of sp³-hybridized carbons (Fsp3) is 0.533. The lowest BCUT2D eigenvalue weighted by atomic mass is 10.0. The zero-order valence-electron chi connectivity index (χ0n) is 11.9. The van der Waals surface area contributed by atoms with Crippen LogP contribution in [-0.4, -0.2) is 36.0 Å². The number of nitrogens with one attached hydrogen (secondary N) is 1. The third-order valence-corrected chi connectivity index (χ3v) is 5.04. The number of benzene rings is 1. The summed E-state index contributed by atoms with van der Waals surface area (Å²) in [5, 5.41) is 3.63. The van der Waals surface area contributed by atoms with Crippen molar-refractivity contribution in [3.05, 3.63) is 33.3 Å². The molecule has 1 N–H and O–H groups in total. The largest absolute Gasteiger partial charge is 0.350 e. The highest BCUT2D eigenvalue weighted by Gasteiger charge is 2.29. The Morgan fingerprint density at radius 1 is 1.40 bits per heavy atom. The summed E-state index contributed by atoms with van der Waals surface area (Å²) in [6.45, 7) is 7.24. The number of nitrogens with zero attached hydrogens (tertiary/aromatic N) is 1. The van der Waals surface area contributed by atoms with Gasteiger partial charge in [-0.2, -0.15) is 0 Å². The molecule has 0 unspecified atom stereocenters. The van der Waals surface area contributed by atoms with E-state index in [1.807, 2.05) is 0 Å². The smallest absolute Gasteiger partial charge is 0.251 e. The van der Waals surface area contributed by atoms with Crippen molar-refractivity contribution in [1.82, 2.24) is 10.2 Å². The topological polar surface area (TPSA) is 32.3 Å². The summed E-state index contributed by atoms with van der Waals surface area (Å²) in [6.07, 6.45) is 2.50. The molecule has 3 nitrogen and oxygen atoms in total. The molecule has 1 amide bonds. The molecule has 1 heterocycles. The molecule has 0 atom stereocenters. The number of halogens is 2. The highest BCUT2D eigenvalue weighted by molar-refractivity contribution is 9.10. The van der Waals surface area contributed by atoms with E-state index in [-0.39, 0.29) is 11.4 Å². The second kappa shape index (κ2) is 6.46. The van der Waals surface area contributed by atoms with Gasteiger partial charge in [-0.25, -0.2) is 0 Å². The van der Waals surface area contributed by atoms with Crippen molar-refractivity contribution < 1.29 is 4.79 Å². The predicted octanol–water partition coefficient (Wildman–Crippen LogP) is 3.71. The Balaban J connectivity index is 1.95. The van der Waals surface area contributed by atoms with Gasteiger partial charge in [0.2, 0.25) is 0 Å². The predicted molar refractivity (Wildman–Crippen MR) is 86.4 cm³/mol. The number of carbonyl (C=O) groups excluding carboxylic acids is 1. The van der Waals surface area contributed by atoms with Gasteiger partial charge in [-0.3, -0.25) is 9.69 Å². The van der Waals surface area contributed by atoms with Crippen molar-refractivity contribution >= 4 is 33.4 Å². The molecule has 1 aromatic rings. The van der Waals surface area contributed by atoms with Crippen molar-refractivity contribution in [3.63, 3.8) is 0 Å². The first-order chi connectivity index (χ1) is 9.40. The van der Waals surface area contributed by atoms with Gasteiger partial charge in [-0.05, 0) is 73.9 Å². The minimum absolute atomic E-state index is 0.00415. The zero-order valence-corrected chi connectivity index (χ0v) is 14.2. The van der Waals surface area contributed by atoms with Crippen molar-refractivity contribution in [3.8, 4) is 0 Å². The standard InChI is InChI=1S/C15H20BrClN2O/c1-15(2,19-7-3-4-8-19)10-18-14(20)11-5-6-13(17)12(16)9-11/h5-6,9H,3-4,7-8,10H2,1-2H3,(H,18,20). The summed E-state index contributed by atoms with van der Waals surface area (Å²) >= 11 is 9.27. The minimum atomic E-state index is -0.0605. The van der Waals surface area contributed by atoms with Crippen LogP contribution < -0.4 is 5.32 Å². The van der Waals surface area contributed by atoms with E-state index in [1.54, 1.807) is 18.2 Å². The summed E-state index contributed by atoms with van der Waals surface area (Å²) in [4.78, 5) is 14.6. The SMILES string of the molecule is CC(C)(CNC(=O)c1ccc(Cl)c(Br)c1)N1CCCC1. The van der Waals surface area contributed by atoms with E-state index >= 15 is 0 Å². The average Bonchev–Trinajstić information content (AvgIpc) is 2.94. The maximum atomic E-state index is 12.2. The lowest BCUT2D eigenvalue weighted by Crippen LogP contribution is -2.50. The number of rotatable bonds is 4. The summed E-state index contributed by atoms with van der Waals surface area (Å²) in [5.41, 5.74) is 0.619. The molecule has 2 rings (SSSR count). The van der Waals surface area contributed by atoms with E-state index in [9.17, 15) is 4.79 Å². The minimum Gasteiger partial charge on any atom is -0.350 e. The van der Waals surface area contributed by atoms with Gasteiger partial charge in [0.05, 0.1) is 5.02 Å². The normalized spacial score (nSPS) is 16.4. The molecule has 0 radical (unpaired) electrons. The van der Waals surface area contributed by atoms with Crippen LogP contribution >= 0.6 is 27.5 Å². The van der Waals surface area contributed by atoms with Crippen LogP contribution in [0.1, 0.15) is 37.0 Å². The van der Waals surface area contributed by atoms with Crippen LogP contribution in [0, 0.1) is 0 Å². The Kier molecular flexibility index (Phi) is 5.10. The quantitative estimate of drug-likeness (QED) is 0.889. The van der Waals surface area contributed by atoms with Gasteiger partial charge in [-0.15, -0.1) is 0 Å². The molecule has 1 aliphatic heterocycles. The lowest BCUT2D eigenvalue weighted by Gasteiger charge is -2.35. The van der Waals surface area contributed by atoms with Crippen LogP contribution in [0.25, 0.3) is 0 Å². The molecule has 0 spiro atoms.